The Hall–Kier alpha value is -3.26. The van der Waals surface area contributed by atoms with Gasteiger partial charge in [0.15, 0.2) is 6.61 Å². The third kappa shape index (κ3) is 5.70. The summed E-state index contributed by atoms with van der Waals surface area (Å²) in [5.41, 5.74) is 3.80. The second-order valence-corrected chi connectivity index (χ2v) is 9.42. The lowest BCUT2D eigenvalue weighted by Crippen LogP contribution is -2.35. The molecule has 35 heavy (non-hydrogen) atoms. The molecule has 1 N–H and O–H groups in total. The average Bonchev–Trinajstić information content (AvgIpc) is 3.32. The largest absolute Gasteiger partial charge is 0.483 e. The molecule has 1 amide bonds. The number of rotatable bonds is 8. The molecule has 0 bridgehead atoms. The van der Waals surface area contributed by atoms with Crippen molar-refractivity contribution in [1.29, 1.82) is 0 Å². The van der Waals surface area contributed by atoms with Crippen LogP contribution >= 0.6 is 11.3 Å². The van der Waals surface area contributed by atoms with Crippen LogP contribution in [0.3, 0.4) is 0 Å². The minimum Gasteiger partial charge on any atom is -0.483 e. The van der Waals surface area contributed by atoms with Crippen LogP contribution in [-0.4, -0.2) is 43.7 Å². The molecule has 0 saturated carbocycles. The van der Waals surface area contributed by atoms with E-state index < -0.39 is 0 Å². The van der Waals surface area contributed by atoms with Gasteiger partial charge in [-0.1, -0.05) is 42.5 Å². The fourth-order valence-corrected chi connectivity index (χ4v) is 5.21. The van der Waals surface area contributed by atoms with Gasteiger partial charge >= 0.3 is 0 Å². The van der Waals surface area contributed by atoms with Crippen molar-refractivity contribution in [2.24, 2.45) is 0 Å². The van der Waals surface area contributed by atoms with Crippen molar-refractivity contribution < 1.29 is 18.7 Å². The normalized spacial score (nSPS) is 14.2. The Labute approximate surface area is 208 Å². The number of thiophene rings is 1. The van der Waals surface area contributed by atoms with Crippen LogP contribution in [0.25, 0.3) is 21.2 Å². The Bertz CT molecular complexity index is 1320. The molecule has 4 aromatic rings. The Morgan fingerprint density at radius 3 is 2.69 bits per heavy atom. The summed E-state index contributed by atoms with van der Waals surface area (Å²) in [5, 5.41) is 6.16. The second-order valence-electron chi connectivity index (χ2n) is 8.51. The van der Waals surface area contributed by atoms with Gasteiger partial charge in [-0.25, -0.2) is 4.39 Å². The first-order chi connectivity index (χ1) is 17.2. The Balaban J connectivity index is 1.33. The Kier molecular flexibility index (Phi) is 7.37. The number of halogens is 1. The van der Waals surface area contributed by atoms with Gasteiger partial charge in [0, 0.05) is 53.0 Å². The number of carbonyl (C=O) groups is 1. The first-order valence-electron chi connectivity index (χ1n) is 11.7. The van der Waals surface area contributed by atoms with Crippen molar-refractivity contribution in [3.8, 4) is 16.9 Å². The summed E-state index contributed by atoms with van der Waals surface area (Å²) in [6, 6.07) is 21.0. The van der Waals surface area contributed by atoms with Crippen molar-refractivity contribution in [1.82, 2.24) is 10.2 Å². The monoisotopic (exact) mass is 490 g/mol. The minimum absolute atomic E-state index is 0.125. The third-order valence-corrected chi connectivity index (χ3v) is 7.11. The summed E-state index contributed by atoms with van der Waals surface area (Å²) in [4.78, 5) is 14.8. The highest BCUT2D eigenvalue weighted by Gasteiger charge is 2.16. The standard InChI is InChI=1S/C28H27FN2O3S/c29-25-7-3-1-5-21(25)16-30-28(32)18-34-26-10-9-20(15-22(26)17-31-11-13-33-14-12-31)24-19-35-27-8-4-2-6-23(24)27/h1-10,15,19H,11-14,16-18H2,(H,30,32). The third-order valence-electron chi connectivity index (χ3n) is 6.14. The number of nitrogens with one attached hydrogen (secondary N) is 1. The number of nitrogens with zero attached hydrogens (tertiary/aromatic N) is 1. The van der Waals surface area contributed by atoms with E-state index in [1.165, 1.54) is 21.7 Å². The van der Waals surface area contributed by atoms with E-state index in [1.807, 2.05) is 12.1 Å². The zero-order valence-electron chi connectivity index (χ0n) is 19.3. The highest BCUT2D eigenvalue weighted by molar-refractivity contribution is 7.17. The van der Waals surface area contributed by atoms with Crippen LogP contribution < -0.4 is 10.1 Å². The molecule has 5 rings (SSSR count). The Morgan fingerprint density at radius 1 is 1.03 bits per heavy atom. The number of hydrogen-bond donors (Lipinski definition) is 1. The zero-order chi connectivity index (χ0) is 24.0. The summed E-state index contributed by atoms with van der Waals surface area (Å²) in [6.45, 7) is 3.84. The summed E-state index contributed by atoms with van der Waals surface area (Å²) >= 11 is 1.74. The van der Waals surface area contributed by atoms with E-state index in [0.717, 1.165) is 24.2 Å². The van der Waals surface area contributed by atoms with E-state index in [1.54, 1.807) is 29.5 Å². The highest BCUT2D eigenvalue weighted by Crippen LogP contribution is 2.36. The molecular weight excluding hydrogens is 463 g/mol. The molecule has 3 aromatic carbocycles. The van der Waals surface area contributed by atoms with Crippen LogP contribution in [0.15, 0.2) is 72.1 Å². The van der Waals surface area contributed by atoms with Gasteiger partial charge in [-0.2, -0.15) is 0 Å². The molecule has 7 heteroatoms. The van der Waals surface area contributed by atoms with Crippen LogP contribution in [0.1, 0.15) is 11.1 Å². The molecule has 0 spiro atoms. The first kappa shape index (κ1) is 23.5. The van der Waals surface area contributed by atoms with Crippen LogP contribution in [0.4, 0.5) is 4.39 Å². The molecule has 1 aromatic heterocycles. The predicted molar refractivity (Wildman–Crippen MR) is 137 cm³/mol. The molecule has 1 fully saturated rings. The van der Waals surface area contributed by atoms with Gasteiger partial charge in [-0.3, -0.25) is 9.69 Å². The predicted octanol–water partition coefficient (Wildman–Crippen LogP) is 5.23. The van der Waals surface area contributed by atoms with Gasteiger partial charge in [0.05, 0.1) is 13.2 Å². The molecule has 2 heterocycles. The van der Waals surface area contributed by atoms with Gasteiger partial charge in [0.1, 0.15) is 11.6 Å². The van der Waals surface area contributed by atoms with Crippen LogP contribution in [0, 0.1) is 5.82 Å². The van der Waals surface area contributed by atoms with Crippen LogP contribution in [-0.2, 0) is 22.6 Å². The summed E-state index contributed by atoms with van der Waals surface area (Å²) < 4.78 is 26.5. The van der Waals surface area contributed by atoms with Crippen molar-refractivity contribution in [3.05, 3.63) is 89.1 Å². The maximum atomic E-state index is 13.8. The van der Waals surface area contributed by atoms with Gasteiger partial charge in [0.2, 0.25) is 0 Å². The molecule has 5 nitrogen and oxygen atoms in total. The number of hydrogen-bond acceptors (Lipinski definition) is 5. The van der Waals surface area contributed by atoms with E-state index in [0.29, 0.717) is 31.1 Å². The second kappa shape index (κ2) is 11.0. The Morgan fingerprint density at radius 2 is 1.83 bits per heavy atom. The molecule has 1 aliphatic rings. The SMILES string of the molecule is O=C(COc1ccc(-c2csc3ccccc23)cc1CN1CCOCC1)NCc1ccccc1F. The zero-order valence-corrected chi connectivity index (χ0v) is 20.2. The van der Waals surface area contributed by atoms with E-state index in [9.17, 15) is 9.18 Å². The lowest BCUT2D eigenvalue weighted by Gasteiger charge is -2.27. The number of morpholine rings is 1. The fraction of sp³-hybridized carbons (Fsp3) is 0.250. The van der Waals surface area contributed by atoms with Gasteiger partial charge in [0.25, 0.3) is 5.91 Å². The smallest absolute Gasteiger partial charge is 0.258 e. The number of carbonyl (C=O) groups excluding carboxylic acids is 1. The van der Waals surface area contributed by atoms with Crippen molar-refractivity contribution >= 4 is 27.3 Å². The minimum atomic E-state index is -0.335. The van der Waals surface area contributed by atoms with Crippen LogP contribution in [0.5, 0.6) is 5.75 Å². The molecule has 1 saturated heterocycles. The van der Waals surface area contributed by atoms with Gasteiger partial charge in [-0.15, -0.1) is 11.3 Å². The summed E-state index contributed by atoms with van der Waals surface area (Å²) in [6.07, 6.45) is 0. The molecule has 0 atom stereocenters. The highest BCUT2D eigenvalue weighted by atomic mass is 32.1. The van der Waals surface area contributed by atoms with Crippen molar-refractivity contribution in [2.45, 2.75) is 13.1 Å². The van der Waals surface area contributed by atoms with E-state index in [-0.39, 0.29) is 24.9 Å². The molecule has 0 radical (unpaired) electrons. The van der Waals surface area contributed by atoms with E-state index in [4.69, 9.17) is 9.47 Å². The molecule has 0 unspecified atom stereocenters. The lowest BCUT2D eigenvalue weighted by molar-refractivity contribution is -0.123. The molecule has 1 aliphatic heterocycles. The van der Waals surface area contributed by atoms with E-state index in [2.05, 4.69) is 45.9 Å². The van der Waals surface area contributed by atoms with Gasteiger partial charge in [-0.05, 0) is 35.2 Å². The fourth-order valence-electron chi connectivity index (χ4n) is 4.24. The topological polar surface area (TPSA) is 50.8 Å². The van der Waals surface area contributed by atoms with Gasteiger partial charge < -0.3 is 14.8 Å². The lowest BCUT2D eigenvalue weighted by atomic mass is 10.0. The average molecular weight is 491 g/mol. The van der Waals surface area contributed by atoms with E-state index >= 15 is 0 Å². The number of fused-ring (bicyclic) bond motifs is 1. The maximum Gasteiger partial charge on any atom is 0.258 e. The number of amides is 1. The number of ether oxygens (including phenoxy) is 2. The molecule has 180 valence electrons. The maximum absolute atomic E-state index is 13.8. The quantitative estimate of drug-likeness (QED) is 0.367. The first-order valence-corrected chi connectivity index (χ1v) is 12.6. The molecule has 0 aliphatic carbocycles. The van der Waals surface area contributed by atoms with Crippen molar-refractivity contribution in [3.63, 3.8) is 0 Å². The number of benzene rings is 3. The summed E-state index contributed by atoms with van der Waals surface area (Å²) in [5.74, 6) is 0.0531. The van der Waals surface area contributed by atoms with Crippen LogP contribution in [0.2, 0.25) is 0 Å². The summed E-state index contributed by atoms with van der Waals surface area (Å²) in [7, 11) is 0. The molecular formula is C28H27FN2O3S. The van der Waals surface area contributed by atoms with Crippen molar-refractivity contribution in [2.75, 3.05) is 32.9 Å².